The van der Waals surface area contributed by atoms with Gasteiger partial charge in [-0.3, -0.25) is 4.90 Å². The molecule has 2 aromatic rings. The molecule has 6 nitrogen and oxygen atoms in total. The van der Waals surface area contributed by atoms with E-state index in [1.54, 1.807) is 19.9 Å². The van der Waals surface area contributed by atoms with E-state index in [-0.39, 0.29) is 22.5 Å². The predicted octanol–water partition coefficient (Wildman–Crippen LogP) is 3.86. The molecule has 9 heteroatoms. The van der Waals surface area contributed by atoms with Crippen molar-refractivity contribution in [1.29, 1.82) is 0 Å². The Morgan fingerprint density at radius 2 is 1.86 bits per heavy atom. The van der Waals surface area contributed by atoms with Crippen LogP contribution in [0, 0.1) is 20.8 Å². The van der Waals surface area contributed by atoms with Crippen LogP contribution in [0.15, 0.2) is 27.5 Å². The number of furan rings is 1. The van der Waals surface area contributed by atoms with Gasteiger partial charge in [-0.2, -0.15) is 0 Å². The van der Waals surface area contributed by atoms with Crippen molar-refractivity contribution in [2.75, 3.05) is 32.8 Å². The molecule has 0 saturated carbocycles. The van der Waals surface area contributed by atoms with Crippen LogP contribution in [0.3, 0.4) is 0 Å². The van der Waals surface area contributed by atoms with Gasteiger partial charge in [0.25, 0.3) is 0 Å². The fourth-order valence-corrected chi connectivity index (χ4v) is 5.57. The summed E-state index contributed by atoms with van der Waals surface area (Å²) in [5.74, 6) is 1.49. The molecule has 154 valence electrons. The number of nitrogens with one attached hydrogen (secondary N) is 1. The summed E-state index contributed by atoms with van der Waals surface area (Å²) < 4.78 is 40.1. The van der Waals surface area contributed by atoms with Crippen LogP contribution in [-0.4, -0.2) is 46.2 Å². The monoisotopic (exact) mass is 446 g/mol. The summed E-state index contributed by atoms with van der Waals surface area (Å²) in [7, 11) is -3.87. The first-order valence-corrected chi connectivity index (χ1v) is 11.3. The number of hydrogen-bond acceptors (Lipinski definition) is 5. The van der Waals surface area contributed by atoms with E-state index in [2.05, 4.69) is 9.62 Å². The van der Waals surface area contributed by atoms with Gasteiger partial charge in [0.2, 0.25) is 10.0 Å². The third-order valence-corrected chi connectivity index (χ3v) is 7.49. The fraction of sp³-hybridized carbons (Fsp3) is 0.474. The van der Waals surface area contributed by atoms with E-state index in [9.17, 15) is 8.42 Å². The Hall–Kier alpha value is -1.09. The number of aryl methyl sites for hydroxylation is 2. The first kappa shape index (κ1) is 21.6. The molecule has 1 unspecified atom stereocenters. The van der Waals surface area contributed by atoms with Crippen molar-refractivity contribution in [3.63, 3.8) is 0 Å². The number of ether oxygens (including phenoxy) is 1. The van der Waals surface area contributed by atoms with E-state index >= 15 is 0 Å². The van der Waals surface area contributed by atoms with Gasteiger partial charge in [0.1, 0.15) is 16.4 Å². The van der Waals surface area contributed by atoms with Gasteiger partial charge in [-0.1, -0.05) is 23.2 Å². The third-order valence-electron chi connectivity index (χ3n) is 4.90. The topological polar surface area (TPSA) is 71.8 Å². The van der Waals surface area contributed by atoms with Gasteiger partial charge in [0.05, 0.1) is 24.3 Å². The highest BCUT2D eigenvalue weighted by Gasteiger charge is 2.29. The lowest BCUT2D eigenvalue weighted by Crippen LogP contribution is -2.43. The number of hydrogen-bond donors (Lipinski definition) is 1. The average Bonchev–Trinajstić information content (AvgIpc) is 3.07. The van der Waals surface area contributed by atoms with E-state index in [1.165, 1.54) is 0 Å². The zero-order valence-corrected chi connectivity index (χ0v) is 18.4. The van der Waals surface area contributed by atoms with Gasteiger partial charge in [0, 0.05) is 24.7 Å². The Balaban J connectivity index is 1.88. The maximum absolute atomic E-state index is 13.1. The molecule has 0 amide bonds. The molecule has 1 aliphatic heterocycles. The van der Waals surface area contributed by atoms with Crippen molar-refractivity contribution in [3.05, 3.63) is 50.9 Å². The minimum atomic E-state index is -3.87. The molecule has 1 saturated heterocycles. The number of benzene rings is 1. The van der Waals surface area contributed by atoms with Gasteiger partial charge in [-0.15, -0.1) is 0 Å². The predicted molar refractivity (Wildman–Crippen MR) is 110 cm³/mol. The Labute approximate surface area is 175 Å². The zero-order chi connectivity index (χ0) is 20.5. The van der Waals surface area contributed by atoms with Crippen molar-refractivity contribution < 1.29 is 17.6 Å². The van der Waals surface area contributed by atoms with Gasteiger partial charge < -0.3 is 9.15 Å². The highest BCUT2D eigenvalue weighted by Crippen LogP contribution is 2.33. The molecular formula is C19H24Cl2N2O4S. The van der Waals surface area contributed by atoms with Crippen molar-refractivity contribution in [2.24, 2.45) is 0 Å². The van der Waals surface area contributed by atoms with Gasteiger partial charge in [-0.05, 0) is 50.1 Å². The third kappa shape index (κ3) is 4.56. The first-order valence-electron chi connectivity index (χ1n) is 9.03. The van der Waals surface area contributed by atoms with Gasteiger partial charge >= 0.3 is 0 Å². The molecule has 0 aliphatic carbocycles. The normalized spacial score (nSPS) is 17.0. The largest absolute Gasteiger partial charge is 0.465 e. The van der Waals surface area contributed by atoms with Crippen molar-refractivity contribution in [3.8, 4) is 0 Å². The van der Waals surface area contributed by atoms with E-state index in [1.807, 2.05) is 19.1 Å². The van der Waals surface area contributed by atoms with Gasteiger partial charge in [0.15, 0.2) is 0 Å². The summed E-state index contributed by atoms with van der Waals surface area (Å²) in [4.78, 5) is 2.18. The van der Waals surface area contributed by atoms with Crippen LogP contribution in [0.2, 0.25) is 10.0 Å². The second-order valence-electron chi connectivity index (χ2n) is 6.91. The van der Waals surface area contributed by atoms with E-state index in [0.29, 0.717) is 48.2 Å². The first-order chi connectivity index (χ1) is 13.2. The Morgan fingerprint density at radius 1 is 1.18 bits per heavy atom. The lowest BCUT2D eigenvalue weighted by atomic mass is 10.2. The Kier molecular flexibility index (Phi) is 6.74. The number of nitrogens with zero attached hydrogens (tertiary/aromatic N) is 1. The standard InChI is InChI=1S/C19H24Cl2N2O4S/c1-12-10-15(20)14(3)19(18(12)21)28(24,25)22-11-16(17-5-4-13(2)27-17)23-6-8-26-9-7-23/h4-5,10,16,22H,6-9,11H2,1-3H3. The molecule has 0 spiro atoms. The molecule has 1 aliphatic rings. The summed E-state index contributed by atoms with van der Waals surface area (Å²) in [5.41, 5.74) is 1.05. The molecule has 28 heavy (non-hydrogen) atoms. The second-order valence-corrected chi connectivity index (χ2v) is 9.40. The minimum absolute atomic E-state index is 0.0236. The molecule has 0 radical (unpaired) electrons. The molecule has 1 fully saturated rings. The number of sulfonamides is 1. The van der Waals surface area contributed by atoms with Gasteiger partial charge in [-0.25, -0.2) is 13.1 Å². The van der Waals surface area contributed by atoms with Crippen molar-refractivity contribution in [1.82, 2.24) is 9.62 Å². The molecule has 0 bridgehead atoms. The quantitative estimate of drug-likeness (QED) is 0.728. The molecule has 2 heterocycles. The van der Waals surface area contributed by atoms with Crippen molar-refractivity contribution in [2.45, 2.75) is 31.7 Å². The maximum Gasteiger partial charge on any atom is 0.242 e. The highest BCUT2D eigenvalue weighted by molar-refractivity contribution is 7.89. The summed E-state index contributed by atoms with van der Waals surface area (Å²) in [6.07, 6.45) is 0. The number of rotatable bonds is 6. The SMILES string of the molecule is Cc1ccc(C(CNS(=O)(=O)c2c(C)c(Cl)cc(C)c2Cl)N2CCOCC2)o1. The van der Waals surface area contributed by atoms with Crippen LogP contribution in [0.25, 0.3) is 0 Å². The molecular weight excluding hydrogens is 423 g/mol. The zero-order valence-electron chi connectivity index (χ0n) is 16.1. The molecule has 3 rings (SSSR count). The summed E-state index contributed by atoms with van der Waals surface area (Å²) >= 11 is 12.5. The molecule has 1 aromatic carbocycles. The fourth-order valence-electron chi connectivity index (χ4n) is 3.33. The minimum Gasteiger partial charge on any atom is -0.465 e. The van der Waals surface area contributed by atoms with Crippen molar-refractivity contribution >= 4 is 33.2 Å². The summed E-state index contributed by atoms with van der Waals surface area (Å²) in [6.45, 7) is 7.98. The lowest BCUT2D eigenvalue weighted by Gasteiger charge is -2.33. The summed E-state index contributed by atoms with van der Waals surface area (Å²) in [6, 6.07) is 5.18. The van der Waals surface area contributed by atoms with E-state index in [4.69, 9.17) is 32.4 Å². The average molecular weight is 447 g/mol. The second kappa shape index (κ2) is 8.73. The van der Waals surface area contributed by atoms with Crippen LogP contribution in [0.4, 0.5) is 0 Å². The number of morpholine rings is 1. The summed E-state index contributed by atoms with van der Waals surface area (Å²) in [5, 5.41) is 0.555. The van der Waals surface area contributed by atoms with E-state index in [0.717, 1.165) is 5.76 Å². The number of halogens is 2. The molecule has 1 N–H and O–H groups in total. The van der Waals surface area contributed by atoms with E-state index < -0.39 is 10.0 Å². The maximum atomic E-state index is 13.1. The van der Waals surface area contributed by atoms with Crippen LogP contribution in [0.1, 0.15) is 28.7 Å². The molecule has 1 atom stereocenters. The lowest BCUT2D eigenvalue weighted by molar-refractivity contribution is 0.0127. The van der Waals surface area contributed by atoms with Crippen LogP contribution < -0.4 is 4.72 Å². The molecule has 1 aromatic heterocycles. The Bertz CT molecular complexity index is 927. The smallest absolute Gasteiger partial charge is 0.242 e. The van der Waals surface area contributed by atoms with Crippen LogP contribution in [0.5, 0.6) is 0 Å². The van der Waals surface area contributed by atoms with Crippen LogP contribution >= 0.6 is 23.2 Å². The van der Waals surface area contributed by atoms with Crippen LogP contribution in [-0.2, 0) is 14.8 Å². The Morgan fingerprint density at radius 3 is 2.46 bits per heavy atom. The highest BCUT2D eigenvalue weighted by atomic mass is 35.5.